The highest BCUT2D eigenvalue weighted by molar-refractivity contribution is 7.90. The SMILES string of the molecule is COCC(=O)N1CCC(C2OCc3cc(CC=C(C)CS(C)(=O)=O)ccc3O2)CC1. The van der Waals surface area contributed by atoms with Crippen LogP contribution in [0.25, 0.3) is 0 Å². The monoisotopic (exact) mass is 437 g/mol. The van der Waals surface area contributed by atoms with E-state index in [2.05, 4.69) is 6.07 Å². The maximum Gasteiger partial charge on any atom is 0.248 e. The maximum atomic E-state index is 11.9. The van der Waals surface area contributed by atoms with Gasteiger partial charge in [0.25, 0.3) is 0 Å². The number of hydrogen-bond acceptors (Lipinski definition) is 6. The van der Waals surface area contributed by atoms with E-state index in [1.54, 1.807) is 0 Å². The quantitative estimate of drug-likeness (QED) is 0.609. The number of likely N-dealkylation sites (tertiary alicyclic amines) is 1. The fourth-order valence-electron chi connectivity index (χ4n) is 3.95. The zero-order valence-corrected chi connectivity index (χ0v) is 18.7. The number of piperidine rings is 1. The molecule has 0 radical (unpaired) electrons. The first kappa shape index (κ1) is 22.8. The van der Waals surface area contributed by atoms with Gasteiger partial charge in [-0.05, 0) is 43.9 Å². The first-order valence-corrected chi connectivity index (χ1v) is 12.3. The van der Waals surface area contributed by atoms with Gasteiger partial charge in [-0.1, -0.05) is 17.7 Å². The van der Waals surface area contributed by atoms with Crippen molar-refractivity contribution in [2.24, 2.45) is 5.92 Å². The number of carbonyl (C=O) groups is 1. The molecule has 1 saturated heterocycles. The van der Waals surface area contributed by atoms with Crippen LogP contribution < -0.4 is 4.74 Å². The number of amides is 1. The van der Waals surface area contributed by atoms with E-state index >= 15 is 0 Å². The third-order valence-corrected chi connectivity index (χ3v) is 6.47. The lowest BCUT2D eigenvalue weighted by atomic mass is 9.95. The van der Waals surface area contributed by atoms with Gasteiger partial charge in [0, 0.05) is 37.9 Å². The van der Waals surface area contributed by atoms with Gasteiger partial charge in [0.1, 0.15) is 12.4 Å². The van der Waals surface area contributed by atoms with Crippen molar-refractivity contribution in [3.63, 3.8) is 0 Å². The van der Waals surface area contributed by atoms with Gasteiger partial charge in [-0.15, -0.1) is 0 Å². The Morgan fingerprint density at radius 2 is 2.03 bits per heavy atom. The van der Waals surface area contributed by atoms with E-state index in [1.807, 2.05) is 30.0 Å². The summed E-state index contributed by atoms with van der Waals surface area (Å²) in [7, 11) is -1.47. The second-order valence-electron chi connectivity index (χ2n) is 8.22. The van der Waals surface area contributed by atoms with Crippen LogP contribution in [0.5, 0.6) is 5.75 Å². The summed E-state index contributed by atoms with van der Waals surface area (Å²) in [6, 6.07) is 6.04. The number of rotatable bonds is 7. The van der Waals surface area contributed by atoms with Crippen molar-refractivity contribution >= 4 is 15.7 Å². The van der Waals surface area contributed by atoms with Gasteiger partial charge < -0.3 is 19.1 Å². The molecule has 3 rings (SSSR count). The van der Waals surface area contributed by atoms with Crippen LogP contribution in [0, 0.1) is 5.92 Å². The average molecular weight is 438 g/mol. The van der Waals surface area contributed by atoms with Crippen LogP contribution in [0.15, 0.2) is 29.8 Å². The number of methoxy groups -OCH3 is 1. The molecule has 2 aliphatic heterocycles. The predicted molar refractivity (Wildman–Crippen MR) is 114 cm³/mol. The first-order chi connectivity index (χ1) is 14.2. The molecule has 1 atom stereocenters. The Labute approximate surface area is 178 Å². The molecule has 0 saturated carbocycles. The number of fused-ring (bicyclic) bond motifs is 1. The molecule has 0 bridgehead atoms. The van der Waals surface area contributed by atoms with E-state index < -0.39 is 9.84 Å². The number of carbonyl (C=O) groups excluding carboxylic acids is 1. The van der Waals surface area contributed by atoms with E-state index in [0.29, 0.717) is 26.1 Å². The zero-order valence-electron chi connectivity index (χ0n) is 17.9. The second-order valence-corrected chi connectivity index (χ2v) is 10.4. The summed E-state index contributed by atoms with van der Waals surface area (Å²) in [6.07, 6.45) is 5.27. The van der Waals surface area contributed by atoms with Crippen LogP contribution in [-0.4, -0.2) is 64.3 Å². The van der Waals surface area contributed by atoms with Crippen molar-refractivity contribution in [3.05, 3.63) is 41.0 Å². The third-order valence-electron chi connectivity index (χ3n) is 5.49. The van der Waals surface area contributed by atoms with E-state index in [9.17, 15) is 13.2 Å². The summed E-state index contributed by atoms with van der Waals surface area (Å²) in [4.78, 5) is 13.8. The topological polar surface area (TPSA) is 82.1 Å². The van der Waals surface area contributed by atoms with Crippen molar-refractivity contribution in [1.82, 2.24) is 4.90 Å². The lowest BCUT2D eigenvalue weighted by Gasteiger charge is -2.37. The molecule has 1 amide bonds. The number of sulfone groups is 1. The van der Waals surface area contributed by atoms with Gasteiger partial charge in [0.2, 0.25) is 12.2 Å². The van der Waals surface area contributed by atoms with E-state index in [-0.39, 0.29) is 30.5 Å². The smallest absolute Gasteiger partial charge is 0.248 e. The van der Waals surface area contributed by atoms with Crippen molar-refractivity contribution in [1.29, 1.82) is 0 Å². The van der Waals surface area contributed by atoms with Crippen LogP contribution >= 0.6 is 0 Å². The van der Waals surface area contributed by atoms with Crippen molar-refractivity contribution in [2.45, 2.75) is 39.1 Å². The van der Waals surface area contributed by atoms with Gasteiger partial charge in [-0.3, -0.25) is 4.79 Å². The third kappa shape index (κ3) is 6.30. The summed E-state index contributed by atoms with van der Waals surface area (Å²) in [5.74, 6) is 1.21. The standard InChI is InChI=1S/C22H31NO6S/c1-16(15-30(3,25)26)4-5-17-6-7-20-19(12-17)13-28-22(29-20)18-8-10-23(11-9-18)21(24)14-27-2/h4,6-7,12,18,22H,5,8-11,13-15H2,1-3H3. The highest BCUT2D eigenvalue weighted by atomic mass is 32.2. The Balaban J connectivity index is 1.55. The van der Waals surface area contributed by atoms with Crippen LogP contribution in [0.2, 0.25) is 0 Å². The Morgan fingerprint density at radius 1 is 1.30 bits per heavy atom. The molecule has 2 aliphatic rings. The molecule has 1 unspecified atom stereocenters. The lowest BCUT2D eigenvalue weighted by Crippen LogP contribution is -2.45. The minimum absolute atomic E-state index is 0.0279. The van der Waals surface area contributed by atoms with Gasteiger partial charge in [-0.25, -0.2) is 8.42 Å². The molecule has 166 valence electrons. The Bertz CT molecular complexity index is 887. The summed E-state index contributed by atoms with van der Waals surface area (Å²) in [5.41, 5.74) is 2.95. The molecule has 2 heterocycles. The van der Waals surface area contributed by atoms with Crippen LogP contribution in [0.1, 0.15) is 30.9 Å². The van der Waals surface area contributed by atoms with Gasteiger partial charge in [0.15, 0.2) is 9.84 Å². The van der Waals surface area contributed by atoms with E-state index in [1.165, 1.54) is 13.4 Å². The van der Waals surface area contributed by atoms with Crippen LogP contribution in [0.3, 0.4) is 0 Å². The second kappa shape index (κ2) is 9.94. The molecule has 0 spiro atoms. The van der Waals surface area contributed by atoms with E-state index in [0.717, 1.165) is 35.3 Å². The molecule has 0 aromatic heterocycles. The lowest BCUT2D eigenvalue weighted by molar-refractivity contribution is -0.155. The highest BCUT2D eigenvalue weighted by Crippen LogP contribution is 2.33. The molecular formula is C22H31NO6S. The van der Waals surface area contributed by atoms with Crippen molar-refractivity contribution < 1.29 is 27.4 Å². The van der Waals surface area contributed by atoms with Gasteiger partial charge in [0.05, 0.1) is 12.4 Å². The predicted octanol–water partition coefficient (Wildman–Crippen LogP) is 2.34. The number of benzene rings is 1. The van der Waals surface area contributed by atoms with Gasteiger partial charge >= 0.3 is 0 Å². The number of hydrogen-bond donors (Lipinski definition) is 0. The summed E-state index contributed by atoms with van der Waals surface area (Å²) >= 11 is 0. The maximum absolute atomic E-state index is 11.9. The van der Waals surface area contributed by atoms with Crippen molar-refractivity contribution in [3.8, 4) is 5.75 Å². The molecule has 0 aliphatic carbocycles. The Kier molecular flexibility index (Phi) is 7.55. The van der Waals surface area contributed by atoms with Crippen LogP contribution in [-0.2, 0) is 37.1 Å². The Hall–Kier alpha value is -1.90. The number of ether oxygens (including phenoxy) is 3. The summed E-state index contributed by atoms with van der Waals surface area (Å²) < 4.78 is 39.8. The molecule has 8 heteroatoms. The first-order valence-electron chi connectivity index (χ1n) is 10.3. The molecular weight excluding hydrogens is 406 g/mol. The fraction of sp³-hybridized carbons (Fsp3) is 0.591. The zero-order chi connectivity index (χ0) is 21.7. The van der Waals surface area contributed by atoms with Crippen molar-refractivity contribution in [2.75, 3.05) is 38.8 Å². The normalized spacial score (nSPS) is 20.6. The largest absolute Gasteiger partial charge is 0.464 e. The summed E-state index contributed by atoms with van der Waals surface area (Å²) in [6.45, 7) is 3.84. The highest BCUT2D eigenvalue weighted by Gasteiger charge is 2.32. The molecule has 0 N–H and O–H groups in total. The number of nitrogens with zero attached hydrogens (tertiary/aromatic N) is 1. The van der Waals surface area contributed by atoms with E-state index in [4.69, 9.17) is 14.2 Å². The minimum atomic E-state index is -3.01. The van der Waals surface area contributed by atoms with Gasteiger partial charge in [-0.2, -0.15) is 0 Å². The molecule has 7 nitrogen and oxygen atoms in total. The fourth-order valence-corrected chi connectivity index (χ4v) is 4.90. The summed E-state index contributed by atoms with van der Waals surface area (Å²) in [5, 5.41) is 0. The Morgan fingerprint density at radius 3 is 2.70 bits per heavy atom. The number of allylic oxidation sites excluding steroid dienone is 1. The molecule has 1 aromatic rings. The molecule has 30 heavy (non-hydrogen) atoms. The molecule has 1 fully saturated rings. The minimum Gasteiger partial charge on any atom is -0.464 e. The molecule has 1 aromatic carbocycles. The van der Waals surface area contributed by atoms with Crippen LogP contribution in [0.4, 0.5) is 0 Å². The average Bonchev–Trinajstić information content (AvgIpc) is 2.71.